The van der Waals surface area contributed by atoms with Crippen LogP contribution in [-0.4, -0.2) is 40.5 Å². The molecule has 0 aromatic carbocycles. The standard InChI is InChI=1S/C13H22N2O3/c14-13(6-2-1-3-7-13)12(18)15-8-4-5-10(9-15)11(16)17/h10H,1-9,14H2,(H,16,17)/t10-/m0/s1. The Kier molecular flexibility index (Phi) is 3.90. The first-order valence-corrected chi connectivity index (χ1v) is 6.84. The zero-order valence-electron chi connectivity index (χ0n) is 10.7. The van der Waals surface area contributed by atoms with E-state index < -0.39 is 17.4 Å². The van der Waals surface area contributed by atoms with E-state index in [-0.39, 0.29) is 5.91 Å². The van der Waals surface area contributed by atoms with E-state index in [2.05, 4.69) is 0 Å². The molecule has 5 heteroatoms. The van der Waals surface area contributed by atoms with Gasteiger partial charge >= 0.3 is 5.97 Å². The number of piperidine rings is 1. The summed E-state index contributed by atoms with van der Waals surface area (Å²) in [6.45, 7) is 0.981. The molecule has 1 atom stereocenters. The first-order chi connectivity index (χ1) is 8.53. The monoisotopic (exact) mass is 254 g/mol. The number of carbonyl (C=O) groups excluding carboxylic acids is 1. The molecule has 2 aliphatic rings. The predicted molar refractivity (Wildman–Crippen MR) is 66.9 cm³/mol. The molecule has 0 radical (unpaired) electrons. The first-order valence-electron chi connectivity index (χ1n) is 6.84. The molecular formula is C13H22N2O3. The van der Waals surface area contributed by atoms with Crippen molar-refractivity contribution in [1.29, 1.82) is 0 Å². The van der Waals surface area contributed by atoms with Crippen LogP contribution in [0.3, 0.4) is 0 Å². The van der Waals surface area contributed by atoms with Gasteiger partial charge in [-0.25, -0.2) is 0 Å². The Balaban J connectivity index is 2.01. The fourth-order valence-electron chi connectivity index (χ4n) is 3.07. The van der Waals surface area contributed by atoms with Crippen LogP contribution in [0.25, 0.3) is 0 Å². The Morgan fingerprint density at radius 2 is 1.83 bits per heavy atom. The Labute approximate surface area is 107 Å². The van der Waals surface area contributed by atoms with Crippen LogP contribution in [-0.2, 0) is 9.59 Å². The largest absolute Gasteiger partial charge is 0.481 e. The number of carboxylic acid groups (broad SMARTS) is 1. The highest BCUT2D eigenvalue weighted by Crippen LogP contribution is 2.29. The molecule has 0 aromatic heterocycles. The lowest BCUT2D eigenvalue weighted by Crippen LogP contribution is -2.58. The summed E-state index contributed by atoms with van der Waals surface area (Å²) in [4.78, 5) is 25.1. The third-order valence-corrected chi connectivity index (χ3v) is 4.23. The summed E-state index contributed by atoms with van der Waals surface area (Å²) in [7, 11) is 0. The lowest BCUT2D eigenvalue weighted by atomic mass is 9.81. The summed E-state index contributed by atoms with van der Waals surface area (Å²) in [6.07, 6.45) is 6.04. The number of carbonyl (C=O) groups is 2. The maximum Gasteiger partial charge on any atom is 0.308 e. The van der Waals surface area contributed by atoms with Gasteiger partial charge in [-0.1, -0.05) is 19.3 Å². The van der Waals surface area contributed by atoms with Crippen molar-refractivity contribution in [3.63, 3.8) is 0 Å². The molecule has 1 saturated carbocycles. The highest BCUT2D eigenvalue weighted by molar-refractivity contribution is 5.87. The number of aliphatic carboxylic acids is 1. The summed E-state index contributed by atoms with van der Waals surface area (Å²) in [5.74, 6) is -1.26. The lowest BCUT2D eigenvalue weighted by Gasteiger charge is -2.39. The molecule has 1 saturated heterocycles. The van der Waals surface area contributed by atoms with Crippen LogP contribution in [0.2, 0.25) is 0 Å². The topological polar surface area (TPSA) is 83.6 Å². The normalized spacial score (nSPS) is 27.8. The summed E-state index contributed by atoms with van der Waals surface area (Å²) in [5, 5.41) is 9.04. The highest BCUT2D eigenvalue weighted by atomic mass is 16.4. The summed E-state index contributed by atoms with van der Waals surface area (Å²) in [5.41, 5.74) is 5.48. The molecule has 0 bridgehead atoms. The van der Waals surface area contributed by atoms with Gasteiger partial charge in [-0.15, -0.1) is 0 Å². The number of likely N-dealkylation sites (tertiary alicyclic amines) is 1. The number of hydrogen-bond acceptors (Lipinski definition) is 3. The molecule has 5 nitrogen and oxygen atoms in total. The van der Waals surface area contributed by atoms with E-state index >= 15 is 0 Å². The van der Waals surface area contributed by atoms with Crippen LogP contribution in [0, 0.1) is 5.92 Å². The average molecular weight is 254 g/mol. The number of carboxylic acids is 1. The van der Waals surface area contributed by atoms with Gasteiger partial charge in [-0.05, 0) is 25.7 Å². The molecule has 1 heterocycles. The molecule has 1 amide bonds. The van der Waals surface area contributed by atoms with Gasteiger partial charge in [0, 0.05) is 13.1 Å². The lowest BCUT2D eigenvalue weighted by molar-refractivity contribution is -0.147. The molecule has 2 rings (SSSR count). The smallest absolute Gasteiger partial charge is 0.308 e. The fourth-order valence-corrected chi connectivity index (χ4v) is 3.07. The van der Waals surface area contributed by atoms with Crippen molar-refractivity contribution in [3.05, 3.63) is 0 Å². The maximum absolute atomic E-state index is 12.5. The van der Waals surface area contributed by atoms with Gasteiger partial charge in [0.1, 0.15) is 0 Å². The predicted octanol–water partition coefficient (Wildman–Crippen LogP) is 0.971. The Hall–Kier alpha value is -1.10. The second-order valence-electron chi connectivity index (χ2n) is 5.65. The zero-order chi connectivity index (χ0) is 13.2. The zero-order valence-corrected chi connectivity index (χ0v) is 10.7. The van der Waals surface area contributed by atoms with Crippen LogP contribution in [0.5, 0.6) is 0 Å². The second-order valence-corrected chi connectivity index (χ2v) is 5.65. The summed E-state index contributed by atoms with van der Waals surface area (Å²) in [6, 6.07) is 0. The quantitative estimate of drug-likeness (QED) is 0.769. The van der Waals surface area contributed by atoms with Gasteiger partial charge in [-0.3, -0.25) is 9.59 Å². The molecule has 0 unspecified atom stereocenters. The van der Waals surface area contributed by atoms with E-state index in [1.807, 2.05) is 0 Å². The van der Waals surface area contributed by atoms with Crippen LogP contribution < -0.4 is 5.73 Å². The van der Waals surface area contributed by atoms with Gasteiger partial charge in [0.2, 0.25) is 5.91 Å². The summed E-state index contributed by atoms with van der Waals surface area (Å²) >= 11 is 0. The van der Waals surface area contributed by atoms with Crippen molar-refractivity contribution in [2.75, 3.05) is 13.1 Å². The van der Waals surface area contributed by atoms with Crippen molar-refractivity contribution in [2.24, 2.45) is 11.7 Å². The number of amides is 1. The minimum Gasteiger partial charge on any atom is -0.481 e. The molecule has 3 N–H and O–H groups in total. The molecule has 18 heavy (non-hydrogen) atoms. The Morgan fingerprint density at radius 1 is 1.17 bits per heavy atom. The highest BCUT2D eigenvalue weighted by Gasteiger charge is 2.40. The molecule has 1 aliphatic heterocycles. The van der Waals surface area contributed by atoms with E-state index in [4.69, 9.17) is 10.8 Å². The van der Waals surface area contributed by atoms with Crippen LogP contribution >= 0.6 is 0 Å². The van der Waals surface area contributed by atoms with Crippen LogP contribution in [0.1, 0.15) is 44.9 Å². The van der Waals surface area contributed by atoms with Gasteiger partial charge in [0.15, 0.2) is 0 Å². The van der Waals surface area contributed by atoms with Crippen LogP contribution in [0.4, 0.5) is 0 Å². The number of nitrogens with two attached hydrogens (primary N) is 1. The third-order valence-electron chi connectivity index (χ3n) is 4.23. The van der Waals surface area contributed by atoms with Crippen molar-refractivity contribution >= 4 is 11.9 Å². The minimum atomic E-state index is -0.804. The number of nitrogens with zero attached hydrogens (tertiary/aromatic N) is 1. The molecule has 0 aromatic rings. The molecule has 2 fully saturated rings. The average Bonchev–Trinajstić information content (AvgIpc) is 2.39. The van der Waals surface area contributed by atoms with Crippen molar-refractivity contribution < 1.29 is 14.7 Å². The molecular weight excluding hydrogens is 232 g/mol. The van der Waals surface area contributed by atoms with E-state index in [0.29, 0.717) is 19.5 Å². The second kappa shape index (κ2) is 5.26. The third kappa shape index (κ3) is 2.66. The number of rotatable bonds is 2. The summed E-state index contributed by atoms with van der Waals surface area (Å²) < 4.78 is 0. The van der Waals surface area contributed by atoms with E-state index in [0.717, 1.165) is 38.5 Å². The van der Waals surface area contributed by atoms with E-state index in [1.165, 1.54) is 0 Å². The molecule has 102 valence electrons. The van der Waals surface area contributed by atoms with E-state index in [1.54, 1.807) is 4.90 Å². The first kappa shape index (κ1) is 13.3. The number of hydrogen-bond donors (Lipinski definition) is 2. The Bertz CT molecular complexity index is 337. The molecule has 1 aliphatic carbocycles. The maximum atomic E-state index is 12.5. The van der Waals surface area contributed by atoms with Crippen molar-refractivity contribution in [3.8, 4) is 0 Å². The minimum absolute atomic E-state index is 0.0341. The van der Waals surface area contributed by atoms with Gasteiger partial charge < -0.3 is 15.7 Å². The van der Waals surface area contributed by atoms with E-state index in [9.17, 15) is 9.59 Å². The van der Waals surface area contributed by atoms with Gasteiger partial charge in [0.05, 0.1) is 11.5 Å². The van der Waals surface area contributed by atoms with Crippen molar-refractivity contribution in [1.82, 2.24) is 4.90 Å². The van der Waals surface area contributed by atoms with Crippen molar-refractivity contribution in [2.45, 2.75) is 50.5 Å². The van der Waals surface area contributed by atoms with Gasteiger partial charge in [0.25, 0.3) is 0 Å². The SMILES string of the molecule is NC1(C(=O)N2CCC[C@H](C(=O)O)C2)CCCCC1. The van der Waals surface area contributed by atoms with Crippen LogP contribution in [0.15, 0.2) is 0 Å². The molecule has 0 spiro atoms. The van der Waals surface area contributed by atoms with Gasteiger partial charge in [-0.2, -0.15) is 0 Å². The Morgan fingerprint density at radius 3 is 2.44 bits per heavy atom. The fraction of sp³-hybridized carbons (Fsp3) is 0.846.